The van der Waals surface area contributed by atoms with Gasteiger partial charge in [0.15, 0.2) is 0 Å². The second-order valence-electron chi connectivity index (χ2n) is 5.59. The Labute approximate surface area is 130 Å². The minimum absolute atomic E-state index is 0.180. The lowest BCUT2D eigenvalue weighted by molar-refractivity contribution is 0.249. The SMILES string of the molecule is COc1cccc(CN2CCN(c3ccc(F)cc3)CC2)c1. The van der Waals surface area contributed by atoms with E-state index in [0.29, 0.717) is 0 Å². The molecule has 1 fully saturated rings. The number of hydrogen-bond acceptors (Lipinski definition) is 3. The number of nitrogens with zero attached hydrogens (tertiary/aromatic N) is 2. The summed E-state index contributed by atoms with van der Waals surface area (Å²) in [7, 11) is 1.70. The lowest BCUT2D eigenvalue weighted by atomic mass is 10.1. The monoisotopic (exact) mass is 300 g/mol. The average molecular weight is 300 g/mol. The summed E-state index contributed by atoms with van der Waals surface area (Å²) >= 11 is 0. The second kappa shape index (κ2) is 6.79. The Balaban J connectivity index is 1.56. The highest BCUT2D eigenvalue weighted by Gasteiger charge is 2.17. The van der Waals surface area contributed by atoms with E-state index in [9.17, 15) is 4.39 Å². The van der Waals surface area contributed by atoms with Crippen LogP contribution in [-0.2, 0) is 6.54 Å². The van der Waals surface area contributed by atoms with Gasteiger partial charge in [0.2, 0.25) is 0 Å². The number of anilines is 1. The van der Waals surface area contributed by atoms with E-state index in [1.165, 1.54) is 17.7 Å². The molecule has 22 heavy (non-hydrogen) atoms. The highest BCUT2D eigenvalue weighted by Crippen LogP contribution is 2.19. The largest absolute Gasteiger partial charge is 0.497 e. The second-order valence-corrected chi connectivity index (χ2v) is 5.59. The Morgan fingerprint density at radius 1 is 1.00 bits per heavy atom. The van der Waals surface area contributed by atoms with Gasteiger partial charge in [-0.1, -0.05) is 12.1 Å². The van der Waals surface area contributed by atoms with Crippen LogP contribution in [0.2, 0.25) is 0 Å². The van der Waals surface area contributed by atoms with Crippen LogP contribution in [-0.4, -0.2) is 38.2 Å². The zero-order valence-electron chi connectivity index (χ0n) is 12.8. The van der Waals surface area contributed by atoms with Gasteiger partial charge in [-0.05, 0) is 42.0 Å². The van der Waals surface area contributed by atoms with Crippen LogP contribution in [0.3, 0.4) is 0 Å². The third kappa shape index (κ3) is 3.57. The molecule has 4 heteroatoms. The molecule has 0 saturated carbocycles. The Hall–Kier alpha value is -2.07. The predicted molar refractivity (Wildman–Crippen MR) is 86.9 cm³/mol. The van der Waals surface area contributed by atoms with Crippen LogP contribution in [0, 0.1) is 5.82 Å². The topological polar surface area (TPSA) is 15.7 Å². The fraction of sp³-hybridized carbons (Fsp3) is 0.333. The summed E-state index contributed by atoms with van der Waals surface area (Å²) < 4.78 is 18.3. The summed E-state index contributed by atoms with van der Waals surface area (Å²) in [6.45, 7) is 4.89. The van der Waals surface area contributed by atoms with Crippen LogP contribution in [0.1, 0.15) is 5.56 Å². The van der Waals surface area contributed by atoms with E-state index in [4.69, 9.17) is 4.74 Å². The van der Waals surface area contributed by atoms with Gasteiger partial charge in [-0.2, -0.15) is 0 Å². The Morgan fingerprint density at radius 2 is 1.73 bits per heavy atom. The molecule has 0 amide bonds. The van der Waals surface area contributed by atoms with Gasteiger partial charge in [-0.3, -0.25) is 4.90 Å². The highest BCUT2D eigenvalue weighted by atomic mass is 19.1. The molecule has 1 aliphatic heterocycles. The molecule has 3 nitrogen and oxygen atoms in total. The van der Waals surface area contributed by atoms with Gasteiger partial charge in [0.25, 0.3) is 0 Å². The van der Waals surface area contributed by atoms with Crippen LogP contribution in [0.5, 0.6) is 5.75 Å². The molecule has 0 atom stereocenters. The van der Waals surface area contributed by atoms with E-state index in [1.54, 1.807) is 7.11 Å². The molecule has 0 radical (unpaired) electrons. The minimum Gasteiger partial charge on any atom is -0.497 e. The summed E-state index contributed by atoms with van der Waals surface area (Å²) in [6, 6.07) is 15.0. The minimum atomic E-state index is -0.180. The van der Waals surface area contributed by atoms with Crippen molar-refractivity contribution in [1.82, 2.24) is 4.90 Å². The van der Waals surface area contributed by atoms with E-state index in [-0.39, 0.29) is 5.82 Å². The summed E-state index contributed by atoms with van der Waals surface area (Å²) in [5.74, 6) is 0.725. The molecular formula is C18H21FN2O. The maximum Gasteiger partial charge on any atom is 0.123 e. The van der Waals surface area contributed by atoms with Crippen LogP contribution in [0.15, 0.2) is 48.5 Å². The molecule has 3 rings (SSSR count). The summed E-state index contributed by atoms with van der Waals surface area (Å²) in [4.78, 5) is 4.75. The predicted octanol–water partition coefficient (Wildman–Crippen LogP) is 3.16. The quantitative estimate of drug-likeness (QED) is 0.862. The fourth-order valence-corrected chi connectivity index (χ4v) is 2.85. The van der Waals surface area contributed by atoms with E-state index in [2.05, 4.69) is 21.9 Å². The van der Waals surface area contributed by atoms with Crippen molar-refractivity contribution in [2.75, 3.05) is 38.2 Å². The zero-order valence-corrected chi connectivity index (χ0v) is 12.8. The number of hydrogen-bond donors (Lipinski definition) is 0. The van der Waals surface area contributed by atoms with Crippen LogP contribution in [0.25, 0.3) is 0 Å². The normalized spacial score (nSPS) is 15.8. The summed E-state index contributed by atoms with van der Waals surface area (Å²) in [6.07, 6.45) is 0. The molecule has 116 valence electrons. The van der Waals surface area contributed by atoms with Crippen LogP contribution >= 0.6 is 0 Å². The molecule has 2 aromatic carbocycles. The molecule has 1 heterocycles. The van der Waals surface area contributed by atoms with Gasteiger partial charge >= 0.3 is 0 Å². The van der Waals surface area contributed by atoms with E-state index >= 15 is 0 Å². The van der Waals surface area contributed by atoms with E-state index < -0.39 is 0 Å². The van der Waals surface area contributed by atoms with E-state index in [1.807, 2.05) is 24.3 Å². The number of methoxy groups -OCH3 is 1. The van der Waals surface area contributed by atoms with Crippen molar-refractivity contribution >= 4 is 5.69 Å². The first-order valence-electron chi connectivity index (χ1n) is 7.60. The Kier molecular flexibility index (Phi) is 4.59. The smallest absolute Gasteiger partial charge is 0.123 e. The van der Waals surface area contributed by atoms with Gasteiger partial charge in [0.05, 0.1) is 7.11 Å². The summed E-state index contributed by atoms with van der Waals surface area (Å²) in [5, 5.41) is 0. The molecule has 0 spiro atoms. The van der Waals surface area contributed by atoms with Gasteiger partial charge in [0, 0.05) is 38.4 Å². The Bertz CT molecular complexity index is 607. The van der Waals surface area contributed by atoms with Crippen molar-refractivity contribution in [3.63, 3.8) is 0 Å². The molecule has 0 bridgehead atoms. The first-order chi connectivity index (χ1) is 10.7. The van der Waals surface area contributed by atoms with Crippen LogP contribution in [0.4, 0.5) is 10.1 Å². The molecule has 0 aromatic heterocycles. The third-order valence-electron chi connectivity index (χ3n) is 4.10. The maximum atomic E-state index is 13.0. The molecule has 1 saturated heterocycles. The lowest BCUT2D eigenvalue weighted by Gasteiger charge is -2.36. The Morgan fingerprint density at radius 3 is 2.41 bits per heavy atom. The van der Waals surface area contributed by atoms with E-state index in [0.717, 1.165) is 44.2 Å². The summed E-state index contributed by atoms with van der Waals surface area (Å²) in [5.41, 5.74) is 2.37. The zero-order chi connectivity index (χ0) is 15.4. The first kappa shape index (κ1) is 14.9. The van der Waals surface area contributed by atoms with Crippen molar-refractivity contribution in [2.24, 2.45) is 0 Å². The molecule has 1 aliphatic rings. The van der Waals surface area contributed by atoms with Crippen molar-refractivity contribution in [2.45, 2.75) is 6.54 Å². The molecule has 0 N–H and O–H groups in total. The average Bonchev–Trinajstić information content (AvgIpc) is 2.57. The number of rotatable bonds is 4. The molecule has 0 unspecified atom stereocenters. The fourth-order valence-electron chi connectivity index (χ4n) is 2.85. The van der Waals surface area contributed by atoms with Gasteiger partial charge in [0.1, 0.15) is 11.6 Å². The first-order valence-corrected chi connectivity index (χ1v) is 7.60. The van der Waals surface area contributed by atoms with Crippen molar-refractivity contribution in [3.05, 3.63) is 59.9 Å². The number of halogens is 1. The van der Waals surface area contributed by atoms with Crippen molar-refractivity contribution in [3.8, 4) is 5.75 Å². The van der Waals surface area contributed by atoms with Gasteiger partial charge < -0.3 is 9.64 Å². The van der Waals surface area contributed by atoms with Crippen molar-refractivity contribution < 1.29 is 9.13 Å². The van der Waals surface area contributed by atoms with Crippen LogP contribution < -0.4 is 9.64 Å². The highest BCUT2D eigenvalue weighted by molar-refractivity contribution is 5.46. The maximum absolute atomic E-state index is 13.0. The molecule has 2 aromatic rings. The number of benzene rings is 2. The number of ether oxygens (including phenoxy) is 1. The molecular weight excluding hydrogens is 279 g/mol. The van der Waals surface area contributed by atoms with Gasteiger partial charge in [-0.25, -0.2) is 4.39 Å². The van der Waals surface area contributed by atoms with Gasteiger partial charge in [-0.15, -0.1) is 0 Å². The third-order valence-corrected chi connectivity index (χ3v) is 4.10. The number of piperazine rings is 1. The van der Waals surface area contributed by atoms with Crippen molar-refractivity contribution in [1.29, 1.82) is 0 Å². The standard InChI is InChI=1S/C18H21FN2O/c1-22-18-4-2-3-15(13-18)14-20-9-11-21(12-10-20)17-7-5-16(19)6-8-17/h2-8,13H,9-12,14H2,1H3. The molecule has 0 aliphatic carbocycles. The lowest BCUT2D eigenvalue weighted by Crippen LogP contribution is -2.45.